The molecule has 0 saturated heterocycles. The van der Waals surface area contributed by atoms with Gasteiger partial charge in [0, 0.05) is 20.9 Å². The van der Waals surface area contributed by atoms with E-state index < -0.39 is 10.8 Å². The summed E-state index contributed by atoms with van der Waals surface area (Å²) in [7, 11) is -0.793. The zero-order valence-corrected chi connectivity index (χ0v) is 11.3. The third-order valence-electron chi connectivity index (χ3n) is 1.94. The molecule has 80 valence electrons. The first kappa shape index (κ1) is 12.4. The maximum atomic E-state index is 11.8. The fraction of sp³-hybridized carbons (Fsp3) is 0.556. The Labute approximate surface area is 99.5 Å². The molecule has 2 unspecified atom stereocenters. The summed E-state index contributed by atoms with van der Waals surface area (Å²) in [4.78, 5) is 1.17. The molecule has 5 heteroatoms. The molecule has 1 rings (SSSR count). The molecule has 2 atom stereocenters. The Balaban J connectivity index is 2.48. The van der Waals surface area contributed by atoms with Gasteiger partial charge in [0.2, 0.25) is 0 Å². The van der Waals surface area contributed by atoms with E-state index in [4.69, 9.17) is 5.73 Å². The molecule has 0 aliphatic rings. The van der Waals surface area contributed by atoms with Crippen molar-refractivity contribution >= 4 is 38.1 Å². The summed E-state index contributed by atoms with van der Waals surface area (Å²) in [6.07, 6.45) is 0.832. The Kier molecular flexibility index (Phi) is 5.30. The Morgan fingerprint density at radius 1 is 1.64 bits per heavy atom. The van der Waals surface area contributed by atoms with Gasteiger partial charge in [0.15, 0.2) is 0 Å². The minimum atomic E-state index is -0.793. The second kappa shape index (κ2) is 6.00. The summed E-state index contributed by atoms with van der Waals surface area (Å²) in [5.41, 5.74) is 5.43. The van der Waals surface area contributed by atoms with E-state index in [-0.39, 0.29) is 5.25 Å². The number of thiophene rings is 1. The normalized spacial score (nSPS) is 15.4. The second-order valence-electron chi connectivity index (χ2n) is 3.12. The topological polar surface area (TPSA) is 43.1 Å². The predicted octanol–water partition coefficient (Wildman–Crippen LogP) is 2.50. The fourth-order valence-electron chi connectivity index (χ4n) is 1.08. The van der Waals surface area contributed by atoms with Gasteiger partial charge in [-0.3, -0.25) is 4.21 Å². The molecular formula is C9H14BrNOS2. The van der Waals surface area contributed by atoms with Crippen molar-refractivity contribution in [2.24, 2.45) is 5.73 Å². The van der Waals surface area contributed by atoms with Gasteiger partial charge in [-0.25, -0.2) is 0 Å². The molecule has 0 radical (unpaired) electrons. The fourth-order valence-corrected chi connectivity index (χ4v) is 4.00. The molecule has 0 fully saturated rings. The van der Waals surface area contributed by atoms with Crippen LogP contribution in [0.2, 0.25) is 0 Å². The highest BCUT2D eigenvalue weighted by Crippen LogP contribution is 2.23. The van der Waals surface area contributed by atoms with Crippen LogP contribution in [0.4, 0.5) is 0 Å². The highest BCUT2D eigenvalue weighted by Gasteiger charge is 2.11. The van der Waals surface area contributed by atoms with Crippen LogP contribution in [0.25, 0.3) is 0 Å². The van der Waals surface area contributed by atoms with Crippen LogP contribution >= 0.6 is 27.3 Å². The monoisotopic (exact) mass is 295 g/mol. The number of hydrogen-bond donors (Lipinski definition) is 1. The van der Waals surface area contributed by atoms with Crippen LogP contribution in [0.1, 0.15) is 18.2 Å². The Morgan fingerprint density at radius 2 is 2.36 bits per heavy atom. The predicted molar refractivity (Wildman–Crippen MR) is 67.0 cm³/mol. The van der Waals surface area contributed by atoms with Crippen LogP contribution in [0.5, 0.6) is 0 Å². The van der Waals surface area contributed by atoms with Crippen LogP contribution in [-0.2, 0) is 16.6 Å². The van der Waals surface area contributed by atoms with E-state index >= 15 is 0 Å². The van der Waals surface area contributed by atoms with Crippen molar-refractivity contribution in [1.29, 1.82) is 0 Å². The third kappa shape index (κ3) is 3.81. The zero-order valence-electron chi connectivity index (χ0n) is 8.03. The molecule has 14 heavy (non-hydrogen) atoms. The summed E-state index contributed by atoms with van der Waals surface area (Å²) in [6.45, 7) is 2.60. The molecule has 2 nitrogen and oxygen atoms in total. The molecule has 0 spiro atoms. The van der Waals surface area contributed by atoms with E-state index in [1.54, 1.807) is 11.3 Å². The maximum absolute atomic E-state index is 11.8. The molecule has 1 heterocycles. The van der Waals surface area contributed by atoms with Crippen molar-refractivity contribution in [1.82, 2.24) is 0 Å². The highest BCUT2D eigenvalue weighted by atomic mass is 79.9. The minimum Gasteiger partial charge on any atom is -0.330 e. The lowest BCUT2D eigenvalue weighted by Gasteiger charge is -2.08. The smallest absolute Gasteiger partial charge is 0.0701 e. The Hall–Kier alpha value is 0.290. The summed E-state index contributed by atoms with van der Waals surface area (Å²) in [5, 5.41) is 0.195. The van der Waals surface area contributed by atoms with Crippen molar-refractivity contribution in [3.8, 4) is 0 Å². The SMILES string of the molecule is CC(CCN)S(=O)Cc1ccc(Br)s1. The van der Waals surface area contributed by atoms with Crippen molar-refractivity contribution in [3.05, 3.63) is 20.8 Å². The van der Waals surface area contributed by atoms with Crippen molar-refractivity contribution < 1.29 is 4.21 Å². The van der Waals surface area contributed by atoms with Gasteiger partial charge in [-0.2, -0.15) is 0 Å². The van der Waals surface area contributed by atoms with E-state index in [1.807, 2.05) is 19.1 Å². The number of nitrogens with two attached hydrogens (primary N) is 1. The van der Waals surface area contributed by atoms with E-state index in [0.29, 0.717) is 12.3 Å². The lowest BCUT2D eigenvalue weighted by atomic mass is 10.3. The minimum absolute atomic E-state index is 0.195. The largest absolute Gasteiger partial charge is 0.330 e. The molecule has 0 aromatic carbocycles. The van der Waals surface area contributed by atoms with Crippen LogP contribution < -0.4 is 5.73 Å². The molecule has 0 saturated carbocycles. The van der Waals surface area contributed by atoms with Gasteiger partial charge < -0.3 is 5.73 Å². The molecule has 0 aliphatic carbocycles. The van der Waals surface area contributed by atoms with Crippen molar-refractivity contribution in [2.75, 3.05) is 6.54 Å². The quantitative estimate of drug-likeness (QED) is 0.907. The lowest BCUT2D eigenvalue weighted by molar-refractivity contribution is 0.666. The summed E-state index contributed by atoms with van der Waals surface area (Å²) in [5.74, 6) is 0.650. The molecular weight excluding hydrogens is 282 g/mol. The van der Waals surface area contributed by atoms with Gasteiger partial charge in [0.1, 0.15) is 0 Å². The summed E-state index contributed by atoms with van der Waals surface area (Å²) in [6, 6.07) is 4.01. The van der Waals surface area contributed by atoms with E-state index in [2.05, 4.69) is 15.9 Å². The first-order valence-corrected chi connectivity index (χ1v) is 7.44. The average Bonchev–Trinajstić information content (AvgIpc) is 2.51. The zero-order chi connectivity index (χ0) is 10.6. The Morgan fingerprint density at radius 3 is 2.86 bits per heavy atom. The number of halogens is 1. The summed E-state index contributed by atoms with van der Waals surface area (Å²) < 4.78 is 12.9. The maximum Gasteiger partial charge on any atom is 0.0701 e. The van der Waals surface area contributed by atoms with Gasteiger partial charge in [-0.1, -0.05) is 6.92 Å². The molecule has 1 aromatic rings. The van der Waals surface area contributed by atoms with Crippen LogP contribution in [0.15, 0.2) is 15.9 Å². The molecule has 0 amide bonds. The number of rotatable bonds is 5. The Bertz CT molecular complexity index is 314. The van der Waals surface area contributed by atoms with Gasteiger partial charge in [-0.05, 0) is 41.0 Å². The molecule has 0 aliphatic heterocycles. The van der Waals surface area contributed by atoms with Crippen LogP contribution in [0.3, 0.4) is 0 Å². The van der Waals surface area contributed by atoms with Crippen molar-refractivity contribution in [2.45, 2.75) is 24.3 Å². The van der Waals surface area contributed by atoms with E-state index in [1.165, 1.54) is 4.88 Å². The van der Waals surface area contributed by atoms with Crippen molar-refractivity contribution in [3.63, 3.8) is 0 Å². The first-order chi connectivity index (χ1) is 6.63. The second-order valence-corrected chi connectivity index (χ2v) is 7.52. The lowest BCUT2D eigenvalue weighted by Crippen LogP contribution is -2.16. The van der Waals surface area contributed by atoms with Crippen LogP contribution in [0, 0.1) is 0 Å². The van der Waals surface area contributed by atoms with Gasteiger partial charge in [0.25, 0.3) is 0 Å². The third-order valence-corrected chi connectivity index (χ3v) is 5.47. The molecule has 0 bridgehead atoms. The first-order valence-electron chi connectivity index (χ1n) is 4.45. The van der Waals surface area contributed by atoms with E-state index in [0.717, 1.165) is 10.2 Å². The number of hydrogen-bond acceptors (Lipinski definition) is 3. The van der Waals surface area contributed by atoms with E-state index in [9.17, 15) is 4.21 Å². The summed E-state index contributed by atoms with van der Waals surface area (Å²) >= 11 is 5.03. The van der Waals surface area contributed by atoms with Gasteiger partial charge >= 0.3 is 0 Å². The van der Waals surface area contributed by atoms with Gasteiger partial charge in [-0.15, -0.1) is 11.3 Å². The molecule has 1 aromatic heterocycles. The average molecular weight is 296 g/mol. The van der Waals surface area contributed by atoms with Crippen LogP contribution in [-0.4, -0.2) is 16.0 Å². The molecule has 2 N–H and O–H groups in total. The van der Waals surface area contributed by atoms with Gasteiger partial charge in [0.05, 0.1) is 9.54 Å². The highest BCUT2D eigenvalue weighted by molar-refractivity contribution is 9.11. The standard InChI is InChI=1S/C9H14BrNOS2/c1-7(4-5-11)14(12)6-8-2-3-9(10)13-8/h2-3,7H,4-6,11H2,1H3.